The van der Waals surface area contributed by atoms with Gasteiger partial charge in [-0.25, -0.2) is 4.79 Å². The number of nitrogens with zero attached hydrogens (tertiary/aromatic N) is 1. The van der Waals surface area contributed by atoms with Crippen LogP contribution in [0.15, 0.2) is 42.6 Å². The van der Waals surface area contributed by atoms with Crippen LogP contribution >= 0.6 is 0 Å². The first-order valence-electron chi connectivity index (χ1n) is 8.63. The summed E-state index contributed by atoms with van der Waals surface area (Å²) in [5.74, 6) is -0.703. The summed E-state index contributed by atoms with van der Waals surface area (Å²) in [7, 11) is 0. The quantitative estimate of drug-likeness (QED) is 0.720. The molecule has 1 atom stereocenters. The van der Waals surface area contributed by atoms with Gasteiger partial charge in [0, 0.05) is 31.7 Å². The van der Waals surface area contributed by atoms with Crippen LogP contribution in [-0.4, -0.2) is 34.6 Å². The Labute approximate surface area is 153 Å². The first kappa shape index (κ1) is 19.4. The Morgan fingerprint density at radius 1 is 1.15 bits per heavy atom. The molecule has 1 unspecified atom stereocenters. The van der Waals surface area contributed by atoms with Gasteiger partial charge in [-0.05, 0) is 35.7 Å². The van der Waals surface area contributed by atoms with E-state index in [0.717, 1.165) is 24.1 Å². The highest BCUT2D eigenvalue weighted by atomic mass is 16.5. The van der Waals surface area contributed by atoms with Crippen LogP contribution in [0.3, 0.4) is 0 Å². The van der Waals surface area contributed by atoms with Crippen LogP contribution in [-0.2, 0) is 28.9 Å². The number of carboxylic acid groups (broad SMARTS) is 1. The maximum atomic E-state index is 11.2. The van der Waals surface area contributed by atoms with Crippen molar-refractivity contribution in [2.24, 2.45) is 0 Å². The molecule has 2 N–H and O–H groups in total. The summed E-state index contributed by atoms with van der Waals surface area (Å²) in [5.41, 5.74) is 3.01. The Morgan fingerprint density at radius 3 is 2.38 bits per heavy atom. The minimum absolute atomic E-state index is 0.225. The average molecular weight is 356 g/mol. The Hall–Kier alpha value is -2.89. The van der Waals surface area contributed by atoms with Crippen molar-refractivity contribution in [3.63, 3.8) is 0 Å². The zero-order valence-electron chi connectivity index (χ0n) is 15.1. The molecule has 1 aromatic heterocycles. The summed E-state index contributed by atoms with van der Waals surface area (Å²) < 4.78 is 5.71. The van der Waals surface area contributed by atoms with Crippen molar-refractivity contribution in [1.29, 1.82) is 0 Å². The normalized spacial score (nSPS) is 11.6. The van der Waals surface area contributed by atoms with Gasteiger partial charge in [0.05, 0.1) is 6.61 Å². The van der Waals surface area contributed by atoms with Gasteiger partial charge < -0.3 is 15.2 Å². The molecule has 6 nitrogen and oxygen atoms in total. The van der Waals surface area contributed by atoms with Crippen molar-refractivity contribution >= 4 is 11.9 Å². The molecule has 0 saturated heterocycles. The number of ether oxygens (including phenoxy) is 1. The lowest BCUT2D eigenvalue weighted by Crippen LogP contribution is -2.41. The molecular formula is C20H24N2O4. The molecule has 1 aromatic carbocycles. The minimum Gasteiger partial charge on any atom is -0.493 e. The van der Waals surface area contributed by atoms with Crippen LogP contribution < -0.4 is 10.1 Å². The van der Waals surface area contributed by atoms with E-state index in [1.165, 1.54) is 12.5 Å². The Balaban J connectivity index is 1.84. The second-order valence-corrected chi connectivity index (χ2v) is 6.05. The molecule has 6 heteroatoms. The van der Waals surface area contributed by atoms with E-state index in [-0.39, 0.29) is 12.3 Å². The molecule has 138 valence electrons. The molecule has 26 heavy (non-hydrogen) atoms. The molecule has 0 bridgehead atoms. The number of amides is 1. The van der Waals surface area contributed by atoms with Crippen molar-refractivity contribution < 1.29 is 19.4 Å². The molecular weight excluding hydrogens is 332 g/mol. The largest absolute Gasteiger partial charge is 0.493 e. The monoisotopic (exact) mass is 356 g/mol. The average Bonchev–Trinajstić information content (AvgIpc) is 2.62. The molecule has 0 saturated carbocycles. The summed E-state index contributed by atoms with van der Waals surface area (Å²) >= 11 is 0. The maximum Gasteiger partial charge on any atom is 0.326 e. The van der Waals surface area contributed by atoms with E-state index in [4.69, 9.17) is 9.84 Å². The van der Waals surface area contributed by atoms with Crippen molar-refractivity contribution in [2.75, 3.05) is 6.61 Å². The fraction of sp³-hybridized carbons (Fsp3) is 0.350. The summed E-state index contributed by atoms with van der Waals surface area (Å²) in [5, 5.41) is 11.6. The Kier molecular flexibility index (Phi) is 7.14. The van der Waals surface area contributed by atoms with Gasteiger partial charge in [0.15, 0.2) is 0 Å². The standard InChI is InChI=1S/C20H24N2O4/c1-3-15-4-7-17(21-13-15)10-11-26-18-8-5-16(6-9-18)12-19(20(24)25)22-14(2)23/h4-9,13,19H,3,10-12H2,1-2H3,(H,22,23)(H,24,25). The molecule has 0 aliphatic heterocycles. The minimum atomic E-state index is -1.05. The number of aliphatic carboxylic acids is 1. The third-order valence-electron chi connectivity index (χ3n) is 3.96. The van der Waals surface area contributed by atoms with Crippen LogP contribution in [0.4, 0.5) is 0 Å². The predicted molar refractivity (Wildman–Crippen MR) is 98.2 cm³/mol. The lowest BCUT2D eigenvalue weighted by atomic mass is 10.1. The fourth-order valence-corrected chi connectivity index (χ4v) is 2.49. The van der Waals surface area contributed by atoms with Gasteiger partial charge in [0.1, 0.15) is 11.8 Å². The Morgan fingerprint density at radius 2 is 1.85 bits per heavy atom. The first-order valence-corrected chi connectivity index (χ1v) is 8.63. The maximum absolute atomic E-state index is 11.2. The van der Waals surface area contributed by atoms with E-state index in [0.29, 0.717) is 12.4 Å². The van der Waals surface area contributed by atoms with Gasteiger partial charge in [-0.2, -0.15) is 0 Å². The van der Waals surface area contributed by atoms with Crippen LogP contribution in [0.1, 0.15) is 30.7 Å². The summed E-state index contributed by atoms with van der Waals surface area (Å²) in [6, 6.07) is 10.4. The van der Waals surface area contributed by atoms with Gasteiger partial charge in [0.2, 0.25) is 5.91 Å². The number of nitrogens with one attached hydrogen (secondary N) is 1. The summed E-state index contributed by atoms with van der Waals surface area (Å²) in [6.07, 6.45) is 3.80. The number of carbonyl (C=O) groups excluding carboxylic acids is 1. The van der Waals surface area contributed by atoms with E-state index >= 15 is 0 Å². The number of hydrogen-bond acceptors (Lipinski definition) is 4. The molecule has 1 amide bonds. The van der Waals surface area contributed by atoms with Gasteiger partial charge in [0.25, 0.3) is 0 Å². The van der Waals surface area contributed by atoms with Crippen LogP contribution in [0, 0.1) is 0 Å². The fourth-order valence-electron chi connectivity index (χ4n) is 2.49. The topological polar surface area (TPSA) is 88.5 Å². The predicted octanol–water partition coefficient (Wildman–Crippen LogP) is 2.40. The molecule has 2 rings (SSSR count). The number of carbonyl (C=O) groups is 2. The van der Waals surface area contributed by atoms with E-state index in [2.05, 4.69) is 23.3 Å². The van der Waals surface area contributed by atoms with Gasteiger partial charge in [-0.3, -0.25) is 9.78 Å². The number of aryl methyl sites for hydroxylation is 1. The van der Waals surface area contributed by atoms with E-state index in [9.17, 15) is 9.59 Å². The highest BCUT2D eigenvalue weighted by Gasteiger charge is 2.18. The van der Waals surface area contributed by atoms with Crippen LogP contribution in [0.25, 0.3) is 0 Å². The number of hydrogen-bond donors (Lipinski definition) is 2. The van der Waals surface area contributed by atoms with E-state index < -0.39 is 12.0 Å². The number of pyridine rings is 1. The third-order valence-corrected chi connectivity index (χ3v) is 3.96. The molecule has 0 spiro atoms. The second-order valence-electron chi connectivity index (χ2n) is 6.05. The SMILES string of the molecule is CCc1ccc(CCOc2ccc(CC(NC(C)=O)C(=O)O)cc2)nc1. The lowest BCUT2D eigenvalue weighted by molar-refractivity contribution is -0.141. The van der Waals surface area contributed by atoms with Crippen LogP contribution in [0.5, 0.6) is 5.75 Å². The molecule has 0 radical (unpaired) electrons. The van der Waals surface area contributed by atoms with E-state index in [1.807, 2.05) is 12.3 Å². The number of aromatic nitrogens is 1. The second kappa shape index (κ2) is 9.56. The van der Waals surface area contributed by atoms with Crippen molar-refractivity contribution in [3.05, 3.63) is 59.4 Å². The molecule has 0 aliphatic rings. The van der Waals surface area contributed by atoms with Crippen molar-refractivity contribution in [3.8, 4) is 5.75 Å². The van der Waals surface area contributed by atoms with E-state index in [1.54, 1.807) is 24.3 Å². The number of carboxylic acids is 1. The summed E-state index contributed by atoms with van der Waals surface area (Å²) in [6.45, 7) is 3.91. The summed E-state index contributed by atoms with van der Waals surface area (Å²) in [4.78, 5) is 26.6. The lowest BCUT2D eigenvalue weighted by Gasteiger charge is -2.13. The van der Waals surface area contributed by atoms with Crippen molar-refractivity contribution in [2.45, 2.75) is 39.2 Å². The highest BCUT2D eigenvalue weighted by Crippen LogP contribution is 2.14. The zero-order valence-corrected chi connectivity index (χ0v) is 15.1. The van der Waals surface area contributed by atoms with Gasteiger partial charge in [-0.15, -0.1) is 0 Å². The van der Waals surface area contributed by atoms with Gasteiger partial charge >= 0.3 is 5.97 Å². The zero-order chi connectivity index (χ0) is 18.9. The highest BCUT2D eigenvalue weighted by molar-refractivity contribution is 5.82. The first-order chi connectivity index (χ1) is 12.5. The smallest absolute Gasteiger partial charge is 0.326 e. The molecule has 2 aromatic rings. The number of rotatable bonds is 9. The third kappa shape index (κ3) is 6.20. The molecule has 0 fully saturated rings. The van der Waals surface area contributed by atoms with Crippen molar-refractivity contribution in [1.82, 2.24) is 10.3 Å². The number of benzene rings is 1. The molecule has 0 aliphatic carbocycles. The molecule has 1 heterocycles. The Bertz CT molecular complexity index is 726. The van der Waals surface area contributed by atoms with Gasteiger partial charge in [-0.1, -0.05) is 25.1 Å². The van der Waals surface area contributed by atoms with Crippen LogP contribution in [0.2, 0.25) is 0 Å².